The third-order valence-electron chi connectivity index (χ3n) is 3.10. The first-order valence-electron chi connectivity index (χ1n) is 6.38. The number of carboxylic acid groups (broad SMARTS) is 1. The van der Waals surface area contributed by atoms with Crippen LogP contribution in [0.15, 0.2) is 60.7 Å². The molecule has 0 saturated heterocycles. The highest BCUT2D eigenvalue weighted by Gasteiger charge is 2.14. The first-order valence-corrected chi connectivity index (χ1v) is 6.38. The van der Waals surface area contributed by atoms with Crippen molar-refractivity contribution < 1.29 is 15.2 Å². The fraction of sp³-hybridized carbons (Fsp3) is 0.188. The predicted molar refractivity (Wildman–Crippen MR) is 70.9 cm³/mol. The Morgan fingerprint density at radius 2 is 1.58 bits per heavy atom. The van der Waals surface area contributed by atoms with Gasteiger partial charge >= 0.3 is 0 Å². The van der Waals surface area contributed by atoms with Crippen LogP contribution in [0.3, 0.4) is 0 Å². The molecule has 0 bridgehead atoms. The van der Waals surface area contributed by atoms with E-state index >= 15 is 0 Å². The molecule has 2 aromatic carbocycles. The van der Waals surface area contributed by atoms with Crippen LogP contribution in [0.4, 0.5) is 0 Å². The summed E-state index contributed by atoms with van der Waals surface area (Å²) in [5.74, 6) is -1.02. The minimum Gasteiger partial charge on any atom is -0.550 e. The van der Waals surface area contributed by atoms with Crippen molar-refractivity contribution in [2.45, 2.75) is 19.0 Å². The Bertz CT molecular complexity index is 511. The van der Waals surface area contributed by atoms with E-state index in [1.54, 1.807) is 0 Å². The zero-order valence-electron chi connectivity index (χ0n) is 10.7. The van der Waals surface area contributed by atoms with Gasteiger partial charge in [-0.3, -0.25) is 0 Å². The largest absolute Gasteiger partial charge is 0.550 e. The number of hydrogen-bond acceptors (Lipinski definition) is 2. The molecule has 2 rings (SSSR count). The summed E-state index contributed by atoms with van der Waals surface area (Å²) < 4.78 is 0. The first-order chi connectivity index (χ1) is 9.25. The number of quaternary nitrogens is 1. The summed E-state index contributed by atoms with van der Waals surface area (Å²) >= 11 is 0. The number of carboxylic acids is 1. The minimum atomic E-state index is -1.02. The van der Waals surface area contributed by atoms with E-state index in [2.05, 4.69) is 0 Å². The van der Waals surface area contributed by atoms with Gasteiger partial charge in [-0.05, 0) is 0 Å². The highest BCUT2D eigenvalue weighted by atomic mass is 16.4. The normalized spacial score (nSPS) is 12.0. The van der Waals surface area contributed by atoms with Crippen LogP contribution in [-0.2, 0) is 11.3 Å². The van der Waals surface area contributed by atoms with Gasteiger partial charge in [-0.15, -0.1) is 0 Å². The lowest BCUT2D eigenvalue weighted by molar-refractivity contribution is -0.711. The molecule has 0 spiro atoms. The van der Waals surface area contributed by atoms with Crippen molar-refractivity contribution in [3.63, 3.8) is 0 Å². The van der Waals surface area contributed by atoms with Crippen molar-refractivity contribution in [2.75, 3.05) is 0 Å². The van der Waals surface area contributed by atoms with Crippen LogP contribution in [0.2, 0.25) is 0 Å². The molecule has 3 nitrogen and oxygen atoms in total. The average Bonchev–Trinajstić information content (AvgIpc) is 2.45. The number of carbonyl (C=O) groups excluding carboxylic acids is 1. The number of hydrogen-bond donors (Lipinski definition) is 1. The Morgan fingerprint density at radius 1 is 1.00 bits per heavy atom. The molecule has 1 atom stereocenters. The van der Waals surface area contributed by atoms with Gasteiger partial charge < -0.3 is 15.2 Å². The highest BCUT2D eigenvalue weighted by Crippen LogP contribution is 2.11. The van der Waals surface area contributed by atoms with Gasteiger partial charge in [-0.1, -0.05) is 60.7 Å². The lowest BCUT2D eigenvalue weighted by Gasteiger charge is -2.16. The van der Waals surface area contributed by atoms with E-state index in [4.69, 9.17) is 0 Å². The number of benzene rings is 2. The van der Waals surface area contributed by atoms with Gasteiger partial charge in [0, 0.05) is 23.5 Å². The van der Waals surface area contributed by atoms with Crippen molar-refractivity contribution in [3.8, 4) is 0 Å². The Morgan fingerprint density at radius 3 is 2.16 bits per heavy atom. The van der Waals surface area contributed by atoms with Crippen LogP contribution in [0.25, 0.3) is 0 Å². The molecule has 0 heterocycles. The lowest BCUT2D eigenvalue weighted by Crippen LogP contribution is -2.84. The second-order valence-corrected chi connectivity index (χ2v) is 4.52. The Kier molecular flexibility index (Phi) is 4.70. The summed E-state index contributed by atoms with van der Waals surface area (Å²) in [4.78, 5) is 10.9. The third-order valence-corrected chi connectivity index (χ3v) is 3.10. The van der Waals surface area contributed by atoms with Gasteiger partial charge in [-0.25, -0.2) is 0 Å². The predicted octanol–water partition coefficient (Wildman–Crippen LogP) is 0.631. The molecule has 0 saturated carbocycles. The first kappa shape index (κ1) is 13.3. The lowest BCUT2D eigenvalue weighted by atomic mass is 10.0. The van der Waals surface area contributed by atoms with Gasteiger partial charge in [-0.2, -0.15) is 0 Å². The molecule has 0 aromatic heterocycles. The Labute approximate surface area is 112 Å². The maximum absolute atomic E-state index is 10.9. The monoisotopic (exact) mass is 255 g/mol. The van der Waals surface area contributed by atoms with Gasteiger partial charge in [0.15, 0.2) is 0 Å². The van der Waals surface area contributed by atoms with E-state index in [-0.39, 0.29) is 12.5 Å². The molecule has 2 aromatic rings. The summed E-state index contributed by atoms with van der Waals surface area (Å²) in [6.45, 7) is 0.758. The van der Waals surface area contributed by atoms with Gasteiger partial charge in [0.25, 0.3) is 0 Å². The molecule has 0 amide bonds. The Balaban J connectivity index is 2.04. The fourth-order valence-corrected chi connectivity index (χ4v) is 2.11. The summed E-state index contributed by atoms with van der Waals surface area (Å²) in [5.41, 5.74) is 2.20. The quantitative estimate of drug-likeness (QED) is 0.823. The molecule has 2 N–H and O–H groups in total. The van der Waals surface area contributed by atoms with E-state index in [9.17, 15) is 9.90 Å². The highest BCUT2D eigenvalue weighted by molar-refractivity contribution is 5.65. The van der Waals surface area contributed by atoms with E-state index in [0.29, 0.717) is 0 Å². The van der Waals surface area contributed by atoms with E-state index < -0.39 is 5.97 Å². The van der Waals surface area contributed by atoms with Crippen LogP contribution < -0.4 is 10.4 Å². The van der Waals surface area contributed by atoms with E-state index in [0.717, 1.165) is 12.1 Å². The van der Waals surface area contributed by atoms with Crippen LogP contribution in [0.1, 0.15) is 23.6 Å². The summed E-state index contributed by atoms with van der Waals surface area (Å²) in [5, 5.41) is 12.9. The van der Waals surface area contributed by atoms with Crippen LogP contribution in [0.5, 0.6) is 0 Å². The van der Waals surface area contributed by atoms with Crippen LogP contribution >= 0.6 is 0 Å². The van der Waals surface area contributed by atoms with Gasteiger partial charge in [0.05, 0.1) is 0 Å². The van der Waals surface area contributed by atoms with E-state index in [1.807, 2.05) is 66.0 Å². The maximum atomic E-state index is 10.9. The standard InChI is InChI=1S/C16H17NO2/c18-16(19)11-15(14-9-5-2-6-10-14)17-12-13-7-3-1-4-8-13/h1-10,15,17H,11-12H2,(H,18,19). The second kappa shape index (κ2) is 6.71. The molecule has 19 heavy (non-hydrogen) atoms. The molecular formula is C16H17NO2. The smallest absolute Gasteiger partial charge is 0.117 e. The molecule has 1 unspecified atom stereocenters. The van der Waals surface area contributed by atoms with Crippen molar-refractivity contribution in [2.24, 2.45) is 0 Å². The summed E-state index contributed by atoms with van der Waals surface area (Å²) in [6, 6.07) is 19.6. The fourth-order valence-electron chi connectivity index (χ4n) is 2.11. The zero-order chi connectivity index (χ0) is 13.5. The summed E-state index contributed by atoms with van der Waals surface area (Å²) in [7, 11) is 0. The molecule has 0 aliphatic heterocycles. The zero-order valence-corrected chi connectivity index (χ0v) is 10.7. The topological polar surface area (TPSA) is 56.7 Å². The van der Waals surface area contributed by atoms with Crippen LogP contribution in [0, 0.1) is 0 Å². The molecule has 0 aliphatic carbocycles. The number of rotatable bonds is 6. The maximum Gasteiger partial charge on any atom is 0.117 e. The number of nitrogens with two attached hydrogens (primary N) is 1. The minimum absolute atomic E-state index is 0.0246. The molecule has 3 heteroatoms. The number of aliphatic carboxylic acids is 1. The summed E-state index contributed by atoms with van der Waals surface area (Å²) in [6.07, 6.45) is 0.0246. The molecule has 0 fully saturated rings. The van der Waals surface area contributed by atoms with Crippen molar-refractivity contribution in [1.29, 1.82) is 0 Å². The number of carbonyl (C=O) groups is 1. The SMILES string of the molecule is O=C([O-])CC([NH2+]Cc1ccccc1)c1ccccc1. The third kappa shape index (κ3) is 4.23. The van der Waals surface area contributed by atoms with Crippen molar-refractivity contribution >= 4 is 5.97 Å². The van der Waals surface area contributed by atoms with Gasteiger partial charge in [0.2, 0.25) is 0 Å². The van der Waals surface area contributed by atoms with E-state index in [1.165, 1.54) is 5.56 Å². The molecule has 0 aliphatic rings. The van der Waals surface area contributed by atoms with Gasteiger partial charge in [0.1, 0.15) is 12.6 Å². The van der Waals surface area contributed by atoms with Crippen molar-refractivity contribution in [1.82, 2.24) is 0 Å². The van der Waals surface area contributed by atoms with Crippen LogP contribution in [-0.4, -0.2) is 5.97 Å². The average molecular weight is 255 g/mol. The molecule has 0 radical (unpaired) electrons. The van der Waals surface area contributed by atoms with Crippen molar-refractivity contribution in [3.05, 3.63) is 71.8 Å². The second-order valence-electron chi connectivity index (χ2n) is 4.52. The molecule has 98 valence electrons. The molecular weight excluding hydrogens is 238 g/mol. The Hall–Kier alpha value is -2.13.